The first kappa shape index (κ1) is 8.18. The Hall–Kier alpha value is 0.180. The lowest BCUT2D eigenvalue weighted by atomic mass is 10.2. The number of hydrogen-bond donors (Lipinski definition) is 1. The molecule has 0 saturated heterocycles. The molecule has 0 spiro atoms. The van der Waals surface area contributed by atoms with Gasteiger partial charge in [0, 0.05) is 22.2 Å². The Morgan fingerprint density at radius 3 is 2.50 bits per heavy atom. The van der Waals surface area contributed by atoms with Gasteiger partial charge >= 0.3 is 0 Å². The molecule has 1 atom stereocenters. The van der Waals surface area contributed by atoms with E-state index in [1.54, 1.807) is 0 Å². The van der Waals surface area contributed by atoms with Crippen molar-refractivity contribution in [3.05, 3.63) is 12.2 Å². The van der Waals surface area contributed by atoms with Gasteiger partial charge in [-0.05, 0) is 13.3 Å². The highest BCUT2D eigenvalue weighted by atomic mass is 79.9. The SMILES string of the molecule is C/C=C\C(CC)NBr. The lowest BCUT2D eigenvalue weighted by Crippen LogP contribution is -2.14. The molecule has 0 saturated carbocycles. The van der Waals surface area contributed by atoms with E-state index in [1.807, 2.05) is 13.0 Å². The van der Waals surface area contributed by atoms with Gasteiger partial charge in [-0.3, -0.25) is 0 Å². The Kier molecular flexibility index (Phi) is 5.44. The van der Waals surface area contributed by atoms with E-state index < -0.39 is 0 Å². The molecule has 48 valence electrons. The van der Waals surface area contributed by atoms with Crippen LogP contribution in [0, 0.1) is 0 Å². The molecule has 2 heteroatoms. The van der Waals surface area contributed by atoms with Crippen molar-refractivity contribution in [3.63, 3.8) is 0 Å². The van der Waals surface area contributed by atoms with Crippen molar-refractivity contribution in [2.45, 2.75) is 26.3 Å². The summed E-state index contributed by atoms with van der Waals surface area (Å²) in [5.74, 6) is 0. The van der Waals surface area contributed by atoms with Crippen molar-refractivity contribution in [1.29, 1.82) is 0 Å². The van der Waals surface area contributed by atoms with E-state index in [9.17, 15) is 0 Å². The van der Waals surface area contributed by atoms with Crippen LogP contribution in [0.2, 0.25) is 0 Å². The summed E-state index contributed by atoms with van der Waals surface area (Å²) in [4.78, 5) is 0. The highest BCUT2D eigenvalue weighted by Crippen LogP contribution is 1.93. The van der Waals surface area contributed by atoms with E-state index in [2.05, 4.69) is 33.5 Å². The van der Waals surface area contributed by atoms with E-state index in [0.29, 0.717) is 6.04 Å². The lowest BCUT2D eigenvalue weighted by Gasteiger charge is -2.03. The maximum atomic E-state index is 3.18. The van der Waals surface area contributed by atoms with Crippen LogP contribution in [0.25, 0.3) is 0 Å². The molecule has 1 unspecified atom stereocenters. The van der Waals surface area contributed by atoms with Gasteiger partial charge in [-0.25, -0.2) is 4.34 Å². The normalized spacial score (nSPS) is 14.9. The summed E-state index contributed by atoms with van der Waals surface area (Å²) in [6, 6.07) is 0.486. The van der Waals surface area contributed by atoms with Crippen molar-refractivity contribution in [2.24, 2.45) is 0 Å². The largest absolute Gasteiger partial charge is 0.249 e. The van der Waals surface area contributed by atoms with E-state index in [4.69, 9.17) is 0 Å². The highest BCUT2D eigenvalue weighted by molar-refractivity contribution is 9.08. The van der Waals surface area contributed by atoms with Gasteiger partial charge in [0.05, 0.1) is 0 Å². The smallest absolute Gasteiger partial charge is 0.0352 e. The predicted octanol–water partition coefficient (Wildman–Crippen LogP) is 2.24. The van der Waals surface area contributed by atoms with Gasteiger partial charge in [0.25, 0.3) is 0 Å². The minimum Gasteiger partial charge on any atom is -0.249 e. The molecule has 0 rings (SSSR count). The third kappa shape index (κ3) is 3.22. The second-order valence-corrected chi connectivity index (χ2v) is 2.11. The predicted molar refractivity (Wildman–Crippen MR) is 41.0 cm³/mol. The zero-order chi connectivity index (χ0) is 6.41. The number of nitrogens with one attached hydrogen (secondary N) is 1. The Morgan fingerprint density at radius 1 is 1.75 bits per heavy atom. The molecule has 0 amide bonds. The molecule has 1 nitrogen and oxygen atoms in total. The van der Waals surface area contributed by atoms with E-state index in [1.165, 1.54) is 0 Å². The molecule has 0 aromatic rings. The summed E-state index contributed by atoms with van der Waals surface area (Å²) in [6.07, 6.45) is 5.28. The molecule has 0 bridgehead atoms. The fraction of sp³-hybridized carbons (Fsp3) is 0.667. The number of allylic oxidation sites excluding steroid dienone is 1. The average molecular weight is 178 g/mol. The quantitative estimate of drug-likeness (QED) is 0.516. The zero-order valence-electron chi connectivity index (χ0n) is 5.32. The van der Waals surface area contributed by atoms with E-state index >= 15 is 0 Å². The van der Waals surface area contributed by atoms with Gasteiger partial charge in [0.1, 0.15) is 0 Å². The van der Waals surface area contributed by atoms with Crippen LogP contribution < -0.4 is 4.34 Å². The molecule has 8 heavy (non-hydrogen) atoms. The van der Waals surface area contributed by atoms with Crippen molar-refractivity contribution < 1.29 is 0 Å². The summed E-state index contributed by atoms with van der Waals surface area (Å²) in [6.45, 7) is 4.16. The monoisotopic (exact) mass is 177 g/mol. The second-order valence-electron chi connectivity index (χ2n) is 1.65. The number of rotatable bonds is 3. The Labute approximate surface area is 59.5 Å². The van der Waals surface area contributed by atoms with Crippen LogP contribution in [0.1, 0.15) is 20.3 Å². The van der Waals surface area contributed by atoms with Crippen molar-refractivity contribution in [2.75, 3.05) is 0 Å². The van der Waals surface area contributed by atoms with Gasteiger partial charge in [-0.2, -0.15) is 0 Å². The van der Waals surface area contributed by atoms with Crippen LogP contribution in [0.4, 0.5) is 0 Å². The van der Waals surface area contributed by atoms with E-state index in [-0.39, 0.29) is 0 Å². The Balaban J connectivity index is 3.36. The molecule has 0 aromatic carbocycles. The highest BCUT2D eigenvalue weighted by Gasteiger charge is 1.93. The summed E-state index contributed by atoms with van der Waals surface area (Å²) in [5.41, 5.74) is 0. The van der Waals surface area contributed by atoms with Crippen LogP contribution in [-0.2, 0) is 0 Å². The van der Waals surface area contributed by atoms with Crippen molar-refractivity contribution in [1.82, 2.24) is 4.34 Å². The van der Waals surface area contributed by atoms with Crippen LogP contribution in [0.5, 0.6) is 0 Å². The molecule has 0 aliphatic carbocycles. The van der Waals surface area contributed by atoms with Crippen LogP contribution in [0.3, 0.4) is 0 Å². The zero-order valence-corrected chi connectivity index (χ0v) is 6.90. The third-order valence-corrected chi connectivity index (χ3v) is 1.59. The van der Waals surface area contributed by atoms with Crippen LogP contribution in [0.15, 0.2) is 12.2 Å². The second kappa shape index (κ2) is 5.32. The molecular weight excluding hydrogens is 166 g/mol. The van der Waals surface area contributed by atoms with E-state index in [0.717, 1.165) is 6.42 Å². The summed E-state index contributed by atoms with van der Waals surface area (Å²) in [7, 11) is 0. The van der Waals surface area contributed by atoms with Gasteiger partial charge < -0.3 is 0 Å². The Bertz CT molecular complexity index is 66.9. The van der Waals surface area contributed by atoms with Crippen molar-refractivity contribution in [3.8, 4) is 0 Å². The molecule has 0 radical (unpaired) electrons. The summed E-state index contributed by atoms with van der Waals surface area (Å²) < 4.78 is 2.98. The molecule has 1 N–H and O–H groups in total. The van der Waals surface area contributed by atoms with Gasteiger partial charge in [-0.1, -0.05) is 19.1 Å². The topological polar surface area (TPSA) is 12.0 Å². The average Bonchev–Trinajstić information content (AvgIpc) is 1.83. The number of halogens is 1. The molecule has 0 heterocycles. The first-order valence-corrected chi connectivity index (χ1v) is 3.63. The molecule has 0 aromatic heterocycles. The first-order valence-electron chi connectivity index (χ1n) is 2.84. The minimum atomic E-state index is 0.486. The standard InChI is InChI=1S/C6H12BrN/c1-3-5-6(4-2)8-7/h3,5-6,8H,4H2,1-2H3/b5-3-. The van der Waals surface area contributed by atoms with Gasteiger partial charge in [0.15, 0.2) is 0 Å². The summed E-state index contributed by atoms with van der Waals surface area (Å²) in [5, 5.41) is 0. The molecule has 0 fully saturated rings. The maximum absolute atomic E-state index is 3.18. The first-order chi connectivity index (χ1) is 3.85. The van der Waals surface area contributed by atoms with Crippen LogP contribution in [-0.4, -0.2) is 6.04 Å². The number of hydrogen-bond acceptors (Lipinski definition) is 1. The fourth-order valence-electron chi connectivity index (χ4n) is 0.482. The molecule has 0 aliphatic rings. The van der Waals surface area contributed by atoms with Crippen LogP contribution >= 0.6 is 16.1 Å². The van der Waals surface area contributed by atoms with Gasteiger partial charge in [-0.15, -0.1) is 0 Å². The Morgan fingerprint density at radius 2 is 2.38 bits per heavy atom. The lowest BCUT2D eigenvalue weighted by molar-refractivity contribution is 0.741. The molecule has 0 aliphatic heterocycles. The summed E-state index contributed by atoms with van der Waals surface area (Å²) >= 11 is 3.18. The minimum absolute atomic E-state index is 0.486. The third-order valence-electron chi connectivity index (χ3n) is 1.00. The fourth-order valence-corrected chi connectivity index (χ4v) is 0.958. The molecular formula is C6H12BrN. The maximum Gasteiger partial charge on any atom is 0.0352 e. The van der Waals surface area contributed by atoms with Crippen molar-refractivity contribution >= 4 is 16.1 Å². The van der Waals surface area contributed by atoms with Gasteiger partial charge in [0.2, 0.25) is 0 Å².